The van der Waals surface area contributed by atoms with Gasteiger partial charge in [0.2, 0.25) is 0 Å². The summed E-state index contributed by atoms with van der Waals surface area (Å²) in [6.45, 7) is 7.24. The molecule has 1 aliphatic heterocycles. The molecule has 0 radical (unpaired) electrons. The lowest BCUT2D eigenvalue weighted by atomic mass is 10.1. The van der Waals surface area contributed by atoms with Crippen LogP contribution in [0.15, 0.2) is 18.2 Å². The highest BCUT2D eigenvalue weighted by Crippen LogP contribution is 2.35. The van der Waals surface area contributed by atoms with Crippen molar-refractivity contribution >= 4 is 33.0 Å². The maximum absolute atomic E-state index is 12.8. The molecule has 1 fully saturated rings. The maximum Gasteiger partial charge on any atom is 0.266 e. The van der Waals surface area contributed by atoms with Crippen LogP contribution in [-0.2, 0) is 4.74 Å². The molecule has 0 saturated carbocycles. The van der Waals surface area contributed by atoms with Gasteiger partial charge in [-0.05, 0) is 32.4 Å². The fourth-order valence-electron chi connectivity index (χ4n) is 2.70. The number of carbonyl (C=O) groups excluding carboxylic acids is 1. The zero-order valence-electron chi connectivity index (χ0n) is 12.6. The van der Waals surface area contributed by atoms with Gasteiger partial charge >= 0.3 is 0 Å². The largest absolute Gasteiger partial charge is 0.397 e. The van der Waals surface area contributed by atoms with Gasteiger partial charge in [-0.3, -0.25) is 4.79 Å². The fourth-order valence-corrected chi connectivity index (χ4v) is 3.88. The van der Waals surface area contributed by atoms with Gasteiger partial charge in [0, 0.05) is 16.6 Å². The molecule has 21 heavy (non-hydrogen) atoms. The van der Waals surface area contributed by atoms with E-state index in [1.165, 1.54) is 16.9 Å². The summed E-state index contributed by atoms with van der Waals surface area (Å²) in [6.07, 6.45) is 0.0722. The molecule has 2 unspecified atom stereocenters. The molecular formula is C16H20N2O2S. The van der Waals surface area contributed by atoms with Crippen LogP contribution in [0.4, 0.5) is 5.69 Å². The number of hydrogen-bond donors (Lipinski definition) is 1. The van der Waals surface area contributed by atoms with Gasteiger partial charge in [-0.15, -0.1) is 11.3 Å². The second-order valence-corrected chi connectivity index (χ2v) is 6.85. The summed E-state index contributed by atoms with van der Waals surface area (Å²) in [4.78, 5) is 15.4. The summed E-state index contributed by atoms with van der Waals surface area (Å²) in [5.74, 6) is 0.0222. The first-order valence-electron chi connectivity index (χ1n) is 7.18. The van der Waals surface area contributed by atoms with Gasteiger partial charge in [0.1, 0.15) is 4.88 Å². The Kier molecular flexibility index (Phi) is 3.63. The van der Waals surface area contributed by atoms with E-state index in [-0.39, 0.29) is 18.1 Å². The second kappa shape index (κ2) is 5.31. The molecular weight excluding hydrogens is 284 g/mol. The van der Waals surface area contributed by atoms with Crippen LogP contribution in [0.25, 0.3) is 10.1 Å². The molecule has 4 nitrogen and oxygen atoms in total. The number of rotatable bonds is 1. The number of amides is 1. The van der Waals surface area contributed by atoms with Gasteiger partial charge in [-0.25, -0.2) is 0 Å². The molecule has 2 N–H and O–H groups in total. The van der Waals surface area contributed by atoms with E-state index in [1.54, 1.807) is 0 Å². The predicted octanol–water partition coefficient (Wildman–Crippen LogP) is 3.04. The number of morpholine rings is 1. The summed E-state index contributed by atoms with van der Waals surface area (Å²) in [5.41, 5.74) is 7.99. The molecule has 1 amide bonds. The number of nitrogens with zero attached hydrogens (tertiary/aromatic N) is 1. The Bertz CT molecular complexity index is 695. The van der Waals surface area contributed by atoms with Crippen molar-refractivity contribution in [3.63, 3.8) is 0 Å². The first-order chi connectivity index (χ1) is 9.97. The Morgan fingerprint density at radius 1 is 1.43 bits per heavy atom. The highest BCUT2D eigenvalue weighted by Gasteiger charge is 2.30. The summed E-state index contributed by atoms with van der Waals surface area (Å²) < 4.78 is 6.66. The first-order valence-corrected chi connectivity index (χ1v) is 8.00. The molecule has 5 heteroatoms. The van der Waals surface area contributed by atoms with Crippen LogP contribution in [0.3, 0.4) is 0 Å². The molecule has 0 spiro atoms. The highest BCUT2D eigenvalue weighted by molar-refractivity contribution is 7.21. The molecule has 1 aromatic heterocycles. The monoisotopic (exact) mass is 304 g/mol. The van der Waals surface area contributed by atoms with Gasteiger partial charge in [0.05, 0.1) is 24.4 Å². The third-order valence-electron chi connectivity index (χ3n) is 3.95. The Balaban J connectivity index is 1.99. The topological polar surface area (TPSA) is 55.6 Å². The summed E-state index contributed by atoms with van der Waals surface area (Å²) >= 11 is 1.49. The lowest BCUT2D eigenvalue weighted by molar-refractivity contribution is -0.0385. The Morgan fingerprint density at radius 2 is 2.19 bits per heavy atom. The zero-order valence-corrected chi connectivity index (χ0v) is 13.4. The van der Waals surface area contributed by atoms with Gasteiger partial charge in [0.15, 0.2) is 0 Å². The van der Waals surface area contributed by atoms with Crippen LogP contribution >= 0.6 is 11.3 Å². The van der Waals surface area contributed by atoms with E-state index in [2.05, 4.69) is 6.07 Å². The van der Waals surface area contributed by atoms with E-state index in [4.69, 9.17) is 10.5 Å². The average Bonchev–Trinajstić information content (AvgIpc) is 2.77. The Labute approximate surface area is 128 Å². The number of nitrogens with two attached hydrogens (primary N) is 1. The molecule has 112 valence electrons. The van der Waals surface area contributed by atoms with E-state index in [0.29, 0.717) is 23.7 Å². The van der Waals surface area contributed by atoms with Crippen LogP contribution in [0.2, 0.25) is 0 Å². The lowest BCUT2D eigenvalue weighted by Crippen LogP contribution is -2.50. The number of carbonyl (C=O) groups is 1. The lowest BCUT2D eigenvalue weighted by Gasteiger charge is -2.36. The first kappa shape index (κ1) is 14.4. The van der Waals surface area contributed by atoms with Gasteiger partial charge in [-0.2, -0.15) is 0 Å². The zero-order chi connectivity index (χ0) is 15.1. The SMILES string of the molecule is Cc1ccc2c(N)c(C(=O)N3CC(C)OCC3C)sc2c1. The number of benzene rings is 1. The van der Waals surface area contributed by atoms with Gasteiger partial charge < -0.3 is 15.4 Å². The molecule has 0 bridgehead atoms. The van der Waals surface area contributed by atoms with E-state index in [9.17, 15) is 4.79 Å². The van der Waals surface area contributed by atoms with Crippen molar-refractivity contribution in [3.8, 4) is 0 Å². The molecule has 3 rings (SSSR count). The van der Waals surface area contributed by atoms with E-state index in [1.807, 2.05) is 37.8 Å². The van der Waals surface area contributed by atoms with Crippen LogP contribution < -0.4 is 5.73 Å². The van der Waals surface area contributed by atoms with Crippen LogP contribution in [0, 0.1) is 6.92 Å². The number of thiophene rings is 1. The van der Waals surface area contributed by atoms with Crippen molar-refractivity contribution in [2.75, 3.05) is 18.9 Å². The highest BCUT2D eigenvalue weighted by atomic mass is 32.1. The van der Waals surface area contributed by atoms with Crippen LogP contribution in [0.5, 0.6) is 0 Å². The maximum atomic E-state index is 12.8. The Hall–Kier alpha value is -1.59. The predicted molar refractivity (Wildman–Crippen MR) is 86.9 cm³/mol. The van der Waals surface area contributed by atoms with Crippen LogP contribution in [0.1, 0.15) is 29.1 Å². The van der Waals surface area contributed by atoms with Gasteiger partial charge in [-0.1, -0.05) is 12.1 Å². The van der Waals surface area contributed by atoms with E-state index >= 15 is 0 Å². The minimum absolute atomic E-state index is 0.0222. The summed E-state index contributed by atoms with van der Waals surface area (Å²) in [6, 6.07) is 6.19. The molecule has 1 aliphatic rings. The van der Waals surface area contributed by atoms with Crippen LogP contribution in [-0.4, -0.2) is 36.1 Å². The summed E-state index contributed by atoms with van der Waals surface area (Å²) in [7, 11) is 0. The van der Waals surface area contributed by atoms with Crippen molar-refractivity contribution in [2.45, 2.75) is 32.9 Å². The molecule has 0 aliphatic carbocycles. The standard InChI is InChI=1S/C16H20N2O2S/c1-9-4-5-12-13(6-9)21-15(14(12)17)16(19)18-7-11(3)20-8-10(18)2/h4-6,10-11H,7-8,17H2,1-3H3. The number of ether oxygens (including phenoxy) is 1. The van der Waals surface area contributed by atoms with Gasteiger partial charge in [0.25, 0.3) is 5.91 Å². The minimum atomic E-state index is 0.0222. The normalized spacial score (nSPS) is 22.7. The average molecular weight is 304 g/mol. The van der Waals surface area contributed by atoms with E-state index in [0.717, 1.165) is 10.1 Å². The van der Waals surface area contributed by atoms with Crippen molar-refractivity contribution in [1.29, 1.82) is 0 Å². The third-order valence-corrected chi connectivity index (χ3v) is 5.10. The molecule has 1 aromatic carbocycles. The van der Waals surface area contributed by atoms with Crippen molar-refractivity contribution in [1.82, 2.24) is 4.90 Å². The summed E-state index contributed by atoms with van der Waals surface area (Å²) in [5, 5.41) is 0.975. The minimum Gasteiger partial charge on any atom is -0.397 e. The molecule has 2 atom stereocenters. The number of hydrogen-bond acceptors (Lipinski definition) is 4. The third kappa shape index (κ3) is 2.51. The number of fused-ring (bicyclic) bond motifs is 1. The Morgan fingerprint density at radius 3 is 2.95 bits per heavy atom. The van der Waals surface area contributed by atoms with Crippen molar-refractivity contribution in [2.24, 2.45) is 0 Å². The second-order valence-electron chi connectivity index (χ2n) is 5.79. The smallest absolute Gasteiger partial charge is 0.266 e. The number of nitrogen functional groups attached to an aromatic ring is 1. The quantitative estimate of drug-likeness (QED) is 0.881. The molecule has 1 saturated heterocycles. The molecule has 2 aromatic rings. The molecule has 2 heterocycles. The van der Waals surface area contributed by atoms with Crippen molar-refractivity contribution < 1.29 is 9.53 Å². The van der Waals surface area contributed by atoms with Crippen molar-refractivity contribution in [3.05, 3.63) is 28.6 Å². The fraction of sp³-hybridized carbons (Fsp3) is 0.438. The number of anilines is 1. The number of aryl methyl sites for hydroxylation is 1. The van der Waals surface area contributed by atoms with E-state index < -0.39 is 0 Å².